The SMILES string of the molecule is Cc1cc(NC(=O)C(SCCCOc2ccc(F)cc2)c2ccccc2)no1. The first-order valence-electron chi connectivity index (χ1n) is 8.91. The summed E-state index contributed by atoms with van der Waals surface area (Å²) in [4.78, 5) is 12.8. The van der Waals surface area contributed by atoms with Gasteiger partial charge >= 0.3 is 0 Å². The van der Waals surface area contributed by atoms with Gasteiger partial charge in [-0.1, -0.05) is 35.5 Å². The van der Waals surface area contributed by atoms with Gasteiger partial charge in [0.05, 0.1) is 6.61 Å². The van der Waals surface area contributed by atoms with Crippen LogP contribution in [0.25, 0.3) is 0 Å². The Hall–Kier alpha value is -2.80. The molecule has 146 valence electrons. The normalized spacial score (nSPS) is 11.8. The van der Waals surface area contributed by atoms with Crippen LogP contribution in [0.5, 0.6) is 5.75 Å². The highest BCUT2D eigenvalue weighted by Crippen LogP contribution is 2.30. The van der Waals surface area contributed by atoms with Gasteiger partial charge in [-0.05, 0) is 48.9 Å². The number of carbonyl (C=O) groups is 1. The molecule has 1 unspecified atom stereocenters. The van der Waals surface area contributed by atoms with Crippen LogP contribution in [-0.2, 0) is 4.79 Å². The first-order valence-corrected chi connectivity index (χ1v) is 9.96. The van der Waals surface area contributed by atoms with Crippen LogP contribution in [-0.4, -0.2) is 23.4 Å². The fourth-order valence-corrected chi connectivity index (χ4v) is 3.63. The van der Waals surface area contributed by atoms with Gasteiger partial charge in [0.1, 0.15) is 22.6 Å². The Morgan fingerprint density at radius 3 is 2.64 bits per heavy atom. The third-order valence-corrected chi connectivity index (χ3v) is 5.22. The highest BCUT2D eigenvalue weighted by atomic mass is 32.2. The standard InChI is InChI=1S/C21H21FN2O3S/c1-15-14-19(24-27-15)23-21(25)20(16-6-3-2-4-7-16)28-13-5-12-26-18-10-8-17(22)9-11-18/h2-4,6-11,14,20H,5,12-13H2,1H3,(H,23,24,25). The van der Waals surface area contributed by atoms with Gasteiger partial charge in [0.2, 0.25) is 5.91 Å². The highest BCUT2D eigenvalue weighted by Gasteiger charge is 2.22. The van der Waals surface area contributed by atoms with Crippen molar-refractivity contribution in [1.29, 1.82) is 0 Å². The molecule has 0 aliphatic heterocycles. The lowest BCUT2D eigenvalue weighted by molar-refractivity contribution is -0.115. The lowest BCUT2D eigenvalue weighted by Crippen LogP contribution is -2.19. The number of nitrogens with one attached hydrogen (secondary N) is 1. The Balaban J connectivity index is 1.53. The van der Waals surface area contributed by atoms with Gasteiger partial charge in [-0.25, -0.2) is 4.39 Å². The maximum Gasteiger partial charge on any atom is 0.243 e. The molecule has 0 fully saturated rings. The smallest absolute Gasteiger partial charge is 0.243 e. The number of aromatic nitrogens is 1. The van der Waals surface area contributed by atoms with E-state index >= 15 is 0 Å². The third kappa shape index (κ3) is 5.85. The van der Waals surface area contributed by atoms with E-state index in [9.17, 15) is 9.18 Å². The second kappa shape index (κ2) is 9.94. The van der Waals surface area contributed by atoms with E-state index in [1.54, 1.807) is 25.1 Å². The number of rotatable bonds is 9. The van der Waals surface area contributed by atoms with Crippen LogP contribution < -0.4 is 10.1 Å². The Bertz CT molecular complexity index is 884. The summed E-state index contributed by atoms with van der Waals surface area (Å²) in [6.07, 6.45) is 0.752. The molecule has 7 heteroatoms. The number of hydrogen-bond donors (Lipinski definition) is 1. The minimum absolute atomic E-state index is 0.149. The number of halogens is 1. The topological polar surface area (TPSA) is 64.4 Å². The summed E-state index contributed by atoms with van der Waals surface area (Å²) in [7, 11) is 0. The first kappa shape index (κ1) is 19.9. The predicted molar refractivity (Wildman–Crippen MR) is 108 cm³/mol. The molecular formula is C21H21FN2O3S. The van der Waals surface area contributed by atoms with Crippen LogP contribution in [0, 0.1) is 12.7 Å². The number of benzene rings is 2. The van der Waals surface area contributed by atoms with Gasteiger partial charge in [-0.2, -0.15) is 0 Å². The maximum atomic E-state index is 12.9. The molecule has 2 aromatic carbocycles. The van der Waals surface area contributed by atoms with Crippen molar-refractivity contribution >= 4 is 23.5 Å². The molecule has 1 N–H and O–H groups in total. The molecule has 1 heterocycles. The Kier molecular flexibility index (Phi) is 7.08. The number of anilines is 1. The van der Waals surface area contributed by atoms with Crippen molar-refractivity contribution in [3.8, 4) is 5.75 Å². The molecule has 0 radical (unpaired) electrons. The number of hydrogen-bond acceptors (Lipinski definition) is 5. The number of aryl methyl sites for hydroxylation is 1. The predicted octanol–water partition coefficient (Wildman–Crippen LogP) is 5.00. The summed E-state index contributed by atoms with van der Waals surface area (Å²) in [5.74, 6) is 1.96. The molecule has 0 aliphatic rings. The molecular weight excluding hydrogens is 379 g/mol. The summed E-state index contributed by atoms with van der Waals surface area (Å²) in [6.45, 7) is 2.26. The van der Waals surface area contributed by atoms with Crippen LogP contribution in [0.4, 0.5) is 10.2 Å². The van der Waals surface area contributed by atoms with E-state index < -0.39 is 0 Å². The molecule has 1 aromatic heterocycles. The molecule has 1 atom stereocenters. The quantitative estimate of drug-likeness (QED) is 0.512. The number of carbonyl (C=O) groups excluding carboxylic acids is 1. The van der Waals surface area contributed by atoms with E-state index in [1.165, 1.54) is 23.9 Å². The molecule has 0 saturated carbocycles. The largest absolute Gasteiger partial charge is 0.494 e. The van der Waals surface area contributed by atoms with Gasteiger partial charge < -0.3 is 14.6 Å². The second-order valence-corrected chi connectivity index (χ2v) is 7.34. The summed E-state index contributed by atoms with van der Waals surface area (Å²) in [5, 5.41) is 6.25. The average Bonchev–Trinajstić information content (AvgIpc) is 3.11. The first-order chi connectivity index (χ1) is 13.6. The van der Waals surface area contributed by atoms with E-state index in [4.69, 9.17) is 9.26 Å². The number of amides is 1. The van der Waals surface area contributed by atoms with Crippen molar-refractivity contribution in [3.63, 3.8) is 0 Å². The van der Waals surface area contributed by atoms with E-state index in [-0.39, 0.29) is 17.0 Å². The zero-order valence-electron chi connectivity index (χ0n) is 15.4. The van der Waals surface area contributed by atoms with Crippen LogP contribution in [0.1, 0.15) is 23.0 Å². The Morgan fingerprint density at radius 2 is 1.96 bits per heavy atom. The summed E-state index contributed by atoms with van der Waals surface area (Å²) < 4.78 is 23.5. The van der Waals surface area contributed by atoms with E-state index in [0.29, 0.717) is 23.9 Å². The van der Waals surface area contributed by atoms with Crippen molar-refractivity contribution in [2.75, 3.05) is 17.7 Å². The van der Waals surface area contributed by atoms with E-state index in [2.05, 4.69) is 10.5 Å². The van der Waals surface area contributed by atoms with E-state index in [1.807, 2.05) is 30.3 Å². The lowest BCUT2D eigenvalue weighted by atomic mass is 10.1. The van der Waals surface area contributed by atoms with Crippen LogP contribution in [0.15, 0.2) is 65.2 Å². The van der Waals surface area contributed by atoms with Crippen LogP contribution in [0.2, 0.25) is 0 Å². The molecule has 3 rings (SSSR count). The fourth-order valence-electron chi connectivity index (χ4n) is 2.55. The second-order valence-electron chi connectivity index (χ2n) is 6.13. The zero-order chi connectivity index (χ0) is 19.8. The van der Waals surface area contributed by atoms with Crippen molar-refractivity contribution in [1.82, 2.24) is 5.16 Å². The molecule has 0 aliphatic carbocycles. The minimum Gasteiger partial charge on any atom is -0.494 e. The Labute approximate surface area is 167 Å². The number of nitrogens with zero attached hydrogens (tertiary/aromatic N) is 1. The molecule has 5 nitrogen and oxygen atoms in total. The van der Waals surface area contributed by atoms with Crippen LogP contribution >= 0.6 is 11.8 Å². The van der Waals surface area contributed by atoms with Gasteiger partial charge in [-0.15, -0.1) is 11.8 Å². The molecule has 3 aromatic rings. The number of ether oxygens (including phenoxy) is 1. The van der Waals surface area contributed by atoms with Gasteiger partial charge in [0.15, 0.2) is 5.82 Å². The van der Waals surface area contributed by atoms with Gasteiger partial charge in [0, 0.05) is 6.07 Å². The maximum absolute atomic E-state index is 12.9. The van der Waals surface area contributed by atoms with Crippen LogP contribution in [0.3, 0.4) is 0 Å². The summed E-state index contributed by atoms with van der Waals surface area (Å²) in [6, 6.07) is 17.2. The fraction of sp³-hybridized carbons (Fsp3) is 0.238. The third-order valence-electron chi connectivity index (χ3n) is 3.88. The van der Waals surface area contributed by atoms with E-state index in [0.717, 1.165) is 17.7 Å². The molecule has 1 amide bonds. The molecule has 0 saturated heterocycles. The van der Waals surface area contributed by atoms with Gasteiger partial charge in [-0.3, -0.25) is 4.79 Å². The van der Waals surface area contributed by atoms with Crippen molar-refractivity contribution in [2.24, 2.45) is 0 Å². The highest BCUT2D eigenvalue weighted by molar-refractivity contribution is 8.00. The summed E-state index contributed by atoms with van der Waals surface area (Å²) >= 11 is 1.54. The minimum atomic E-state index is -0.371. The molecule has 0 spiro atoms. The zero-order valence-corrected chi connectivity index (χ0v) is 16.2. The lowest BCUT2D eigenvalue weighted by Gasteiger charge is -2.16. The monoisotopic (exact) mass is 400 g/mol. The van der Waals surface area contributed by atoms with Crippen molar-refractivity contribution in [3.05, 3.63) is 77.8 Å². The van der Waals surface area contributed by atoms with Gasteiger partial charge in [0.25, 0.3) is 0 Å². The number of thioether (sulfide) groups is 1. The molecule has 28 heavy (non-hydrogen) atoms. The molecule has 0 bridgehead atoms. The summed E-state index contributed by atoms with van der Waals surface area (Å²) in [5.41, 5.74) is 0.921. The van der Waals surface area contributed by atoms with Crippen molar-refractivity contribution in [2.45, 2.75) is 18.6 Å². The average molecular weight is 400 g/mol. The van der Waals surface area contributed by atoms with Crippen molar-refractivity contribution < 1.29 is 18.4 Å². The Morgan fingerprint density at radius 1 is 1.21 bits per heavy atom.